The monoisotopic (exact) mass is 360 g/mol. The lowest BCUT2D eigenvalue weighted by Gasteiger charge is -2.10. The van der Waals surface area contributed by atoms with Gasteiger partial charge < -0.3 is 9.73 Å². The Morgan fingerprint density at radius 3 is 2.67 bits per heavy atom. The minimum absolute atomic E-state index is 0.0116. The summed E-state index contributed by atoms with van der Waals surface area (Å²) in [6.07, 6.45) is 3.11. The zero-order chi connectivity index (χ0) is 18.6. The van der Waals surface area contributed by atoms with Gasteiger partial charge in [-0.15, -0.1) is 0 Å². The number of fused-ring (bicyclic) bond motifs is 1. The molecule has 0 spiro atoms. The quantitative estimate of drug-likeness (QED) is 0.552. The second kappa shape index (κ2) is 7.25. The summed E-state index contributed by atoms with van der Waals surface area (Å²) >= 11 is 0. The van der Waals surface area contributed by atoms with E-state index in [1.807, 2.05) is 30.3 Å². The SMILES string of the molecule is O=C(NCc1ccccc1Cn1cncn1)c1cc2ccccc2oc1=O. The smallest absolute Gasteiger partial charge is 0.349 e. The fourth-order valence-corrected chi connectivity index (χ4v) is 2.86. The first kappa shape index (κ1) is 16.7. The molecule has 4 aromatic rings. The highest BCUT2D eigenvalue weighted by atomic mass is 16.4. The molecule has 7 heteroatoms. The van der Waals surface area contributed by atoms with E-state index in [0.717, 1.165) is 11.1 Å². The number of amides is 1. The fourth-order valence-electron chi connectivity index (χ4n) is 2.86. The van der Waals surface area contributed by atoms with Gasteiger partial charge in [0.15, 0.2) is 0 Å². The first-order valence-electron chi connectivity index (χ1n) is 8.41. The molecule has 134 valence electrons. The summed E-state index contributed by atoms with van der Waals surface area (Å²) in [7, 11) is 0. The molecule has 0 unspecified atom stereocenters. The second-order valence-electron chi connectivity index (χ2n) is 6.03. The number of aromatic nitrogens is 3. The number of carbonyl (C=O) groups is 1. The van der Waals surface area contributed by atoms with E-state index >= 15 is 0 Å². The number of carbonyl (C=O) groups excluding carboxylic acids is 1. The van der Waals surface area contributed by atoms with E-state index in [2.05, 4.69) is 15.4 Å². The van der Waals surface area contributed by atoms with Gasteiger partial charge in [-0.2, -0.15) is 5.10 Å². The lowest BCUT2D eigenvalue weighted by molar-refractivity contribution is 0.0947. The van der Waals surface area contributed by atoms with Crippen LogP contribution in [0.5, 0.6) is 0 Å². The molecule has 2 heterocycles. The largest absolute Gasteiger partial charge is 0.422 e. The third-order valence-electron chi connectivity index (χ3n) is 4.24. The lowest BCUT2D eigenvalue weighted by atomic mass is 10.1. The molecule has 1 N–H and O–H groups in total. The molecule has 0 radical (unpaired) electrons. The normalized spacial score (nSPS) is 10.8. The third kappa shape index (κ3) is 3.62. The molecule has 4 rings (SSSR count). The first-order chi connectivity index (χ1) is 13.2. The van der Waals surface area contributed by atoms with Crippen molar-refractivity contribution in [2.24, 2.45) is 0 Å². The van der Waals surface area contributed by atoms with E-state index in [-0.39, 0.29) is 12.1 Å². The second-order valence-corrected chi connectivity index (χ2v) is 6.03. The summed E-state index contributed by atoms with van der Waals surface area (Å²) in [4.78, 5) is 28.6. The van der Waals surface area contributed by atoms with Gasteiger partial charge in [0.2, 0.25) is 0 Å². The molecule has 0 aliphatic rings. The van der Waals surface area contributed by atoms with Crippen molar-refractivity contribution >= 4 is 16.9 Å². The van der Waals surface area contributed by atoms with Crippen molar-refractivity contribution in [2.75, 3.05) is 0 Å². The van der Waals surface area contributed by atoms with Crippen molar-refractivity contribution in [3.05, 3.63) is 94.4 Å². The van der Waals surface area contributed by atoms with E-state index in [4.69, 9.17) is 4.42 Å². The molecule has 0 fully saturated rings. The van der Waals surface area contributed by atoms with E-state index in [1.165, 1.54) is 6.33 Å². The number of nitrogens with zero attached hydrogens (tertiary/aromatic N) is 3. The Hall–Kier alpha value is -3.74. The standard InChI is InChI=1S/C20H16N4O3/c25-19(17-9-14-5-3-4-8-18(14)27-20(17)26)22-10-15-6-1-2-7-16(15)11-24-13-21-12-23-24/h1-9,12-13H,10-11H2,(H,22,25). The van der Waals surface area contributed by atoms with Crippen LogP contribution in [0.25, 0.3) is 11.0 Å². The first-order valence-corrected chi connectivity index (χ1v) is 8.41. The third-order valence-corrected chi connectivity index (χ3v) is 4.24. The van der Waals surface area contributed by atoms with Crippen LogP contribution >= 0.6 is 0 Å². The Kier molecular flexibility index (Phi) is 4.49. The Labute approximate surface area is 154 Å². The van der Waals surface area contributed by atoms with Crippen molar-refractivity contribution < 1.29 is 9.21 Å². The van der Waals surface area contributed by atoms with Crippen molar-refractivity contribution in [2.45, 2.75) is 13.1 Å². The topological polar surface area (TPSA) is 90.0 Å². The van der Waals surface area contributed by atoms with Crippen LogP contribution in [0.1, 0.15) is 21.5 Å². The molecule has 27 heavy (non-hydrogen) atoms. The van der Waals surface area contributed by atoms with E-state index in [0.29, 0.717) is 17.5 Å². The molecule has 2 aromatic carbocycles. The van der Waals surface area contributed by atoms with Gasteiger partial charge in [0.05, 0.1) is 6.54 Å². The highest BCUT2D eigenvalue weighted by molar-refractivity contribution is 5.96. The van der Waals surface area contributed by atoms with Gasteiger partial charge in [0.25, 0.3) is 5.91 Å². The van der Waals surface area contributed by atoms with E-state index < -0.39 is 11.5 Å². The average Bonchev–Trinajstić information content (AvgIpc) is 3.19. The number of hydrogen-bond acceptors (Lipinski definition) is 5. The van der Waals surface area contributed by atoms with Crippen LogP contribution in [0.3, 0.4) is 0 Å². The average molecular weight is 360 g/mol. The number of benzene rings is 2. The van der Waals surface area contributed by atoms with Crippen LogP contribution in [-0.2, 0) is 13.1 Å². The Morgan fingerprint density at radius 2 is 1.85 bits per heavy atom. The highest BCUT2D eigenvalue weighted by Gasteiger charge is 2.14. The van der Waals surface area contributed by atoms with Gasteiger partial charge in [0.1, 0.15) is 23.8 Å². The Morgan fingerprint density at radius 1 is 1.07 bits per heavy atom. The summed E-state index contributed by atoms with van der Waals surface area (Å²) in [6, 6.07) is 16.4. The molecule has 1 amide bonds. The van der Waals surface area contributed by atoms with Crippen LogP contribution in [0, 0.1) is 0 Å². The van der Waals surface area contributed by atoms with Gasteiger partial charge in [-0.05, 0) is 23.3 Å². The number of para-hydroxylation sites is 1. The molecule has 0 aliphatic carbocycles. The predicted octanol–water partition coefficient (Wildman–Crippen LogP) is 2.36. The summed E-state index contributed by atoms with van der Waals surface area (Å²) in [6.45, 7) is 0.833. The van der Waals surface area contributed by atoms with Gasteiger partial charge in [-0.1, -0.05) is 42.5 Å². The summed E-state index contributed by atoms with van der Waals surface area (Å²) < 4.78 is 6.93. The molecule has 0 bridgehead atoms. The van der Waals surface area contributed by atoms with Crippen molar-refractivity contribution in [3.63, 3.8) is 0 Å². The predicted molar refractivity (Wildman–Crippen MR) is 99.2 cm³/mol. The van der Waals surface area contributed by atoms with Crippen molar-refractivity contribution in [3.8, 4) is 0 Å². The summed E-state index contributed by atoms with van der Waals surface area (Å²) in [5, 5.41) is 7.60. The Bertz CT molecular complexity index is 1150. The molecular formula is C20H16N4O3. The molecule has 0 saturated heterocycles. The number of rotatable bonds is 5. The minimum Gasteiger partial charge on any atom is -0.422 e. The highest BCUT2D eigenvalue weighted by Crippen LogP contribution is 2.13. The lowest BCUT2D eigenvalue weighted by Crippen LogP contribution is -2.28. The number of hydrogen-bond donors (Lipinski definition) is 1. The molecule has 0 aliphatic heterocycles. The maximum atomic E-state index is 12.5. The number of nitrogens with one attached hydrogen (secondary N) is 1. The van der Waals surface area contributed by atoms with Gasteiger partial charge >= 0.3 is 5.63 Å². The van der Waals surface area contributed by atoms with E-state index in [9.17, 15) is 9.59 Å². The maximum Gasteiger partial charge on any atom is 0.349 e. The van der Waals surface area contributed by atoms with Crippen LogP contribution in [0.15, 0.2) is 76.5 Å². The van der Waals surface area contributed by atoms with Crippen molar-refractivity contribution in [1.82, 2.24) is 20.1 Å². The zero-order valence-corrected chi connectivity index (χ0v) is 14.3. The van der Waals surface area contributed by atoms with Gasteiger partial charge in [0, 0.05) is 11.9 Å². The maximum absolute atomic E-state index is 12.5. The van der Waals surface area contributed by atoms with Crippen LogP contribution in [-0.4, -0.2) is 20.7 Å². The Balaban J connectivity index is 1.53. The summed E-state index contributed by atoms with van der Waals surface area (Å²) in [5.41, 5.74) is 1.74. The molecule has 0 saturated carbocycles. The van der Waals surface area contributed by atoms with Crippen LogP contribution in [0.2, 0.25) is 0 Å². The van der Waals surface area contributed by atoms with Gasteiger partial charge in [-0.3, -0.25) is 4.79 Å². The van der Waals surface area contributed by atoms with Crippen LogP contribution in [0.4, 0.5) is 0 Å². The summed E-state index contributed by atoms with van der Waals surface area (Å²) in [5.74, 6) is -0.468. The zero-order valence-electron chi connectivity index (χ0n) is 14.3. The van der Waals surface area contributed by atoms with Gasteiger partial charge in [-0.25, -0.2) is 14.5 Å². The fraction of sp³-hybridized carbons (Fsp3) is 0.100. The van der Waals surface area contributed by atoms with Crippen LogP contribution < -0.4 is 10.9 Å². The van der Waals surface area contributed by atoms with Crippen molar-refractivity contribution in [1.29, 1.82) is 0 Å². The minimum atomic E-state index is -0.651. The molecule has 7 nitrogen and oxygen atoms in total. The van der Waals surface area contributed by atoms with E-state index in [1.54, 1.807) is 35.3 Å². The molecule has 2 aromatic heterocycles. The molecule has 0 atom stereocenters. The molecular weight excluding hydrogens is 344 g/mol.